The number of benzene rings is 1. The van der Waals surface area contributed by atoms with Gasteiger partial charge >= 0.3 is 0 Å². The normalized spacial score (nSPS) is 17.3. The highest BCUT2D eigenvalue weighted by atomic mass is 19.1. The highest BCUT2D eigenvalue weighted by Crippen LogP contribution is 2.21. The van der Waals surface area contributed by atoms with Crippen LogP contribution in [0.2, 0.25) is 0 Å². The van der Waals surface area contributed by atoms with E-state index in [9.17, 15) is 4.39 Å². The van der Waals surface area contributed by atoms with Crippen LogP contribution in [-0.2, 0) is 6.42 Å². The fraction of sp³-hybridized carbons (Fsp3) is 0.333. The van der Waals surface area contributed by atoms with Gasteiger partial charge in [0.25, 0.3) is 0 Å². The van der Waals surface area contributed by atoms with E-state index in [4.69, 9.17) is 0 Å². The Balaban J connectivity index is 1.29. The summed E-state index contributed by atoms with van der Waals surface area (Å²) in [4.78, 5) is 13.8. The fourth-order valence-corrected chi connectivity index (χ4v) is 3.72. The lowest BCUT2D eigenvalue weighted by Gasteiger charge is -2.20. The van der Waals surface area contributed by atoms with Crippen molar-refractivity contribution in [3.05, 3.63) is 60.2 Å². The predicted molar refractivity (Wildman–Crippen MR) is 111 cm³/mol. The number of anilines is 1. The van der Waals surface area contributed by atoms with E-state index in [0.29, 0.717) is 12.4 Å². The molecule has 28 heavy (non-hydrogen) atoms. The number of para-hydroxylation sites is 1. The third kappa shape index (κ3) is 3.93. The number of aromatic nitrogens is 2. The van der Waals surface area contributed by atoms with Gasteiger partial charge in [-0.3, -0.25) is 4.99 Å². The topological polar surface area (TPSA) is 68.3 Å². The van der Waals surface area contributed by atoms with Crippen LogP contribution in [0.25, 0.3) is 10.9 Å². The van der Waals surface area contributed by atoms with Crippen LogP contribution < -0.4 is 15.5 Å². The molecule has 1 saturated heterocycles. The molecule has 0 bridgehead atoms. The zero-order chi connectivity index (χ0) is 19.3. The SMILES string of the molecule is CN=C(NCCc1c[nH]c2ccccc12)NC1CCN(c2ncccc2F)C1. The molecule has 1 aliphatic heterocycles. The first-order valence-corrected chi connectivity index (χ1v) is 9.62. The van der Waals surface area contributed by atoms with Crippen LogP contribution in [-0.4, -0.2) is 48.7 Å². The van der Waals surface area contributed by atoms with Crippen molar-refractivity contribution < 1.29 is 4.39 Å². The van der Waals surface area contributed by atoms with Crippen LogP contribution >= 0.6 is 0 Å². The van der Waals surface area contributed by atoms with Crippen molar-refractivity contribution in [2.45, 2.75) is 18.9 Å². The summed E-state index contributed by atoms with van der Waals surface area (Å²) in [5.74, 6) is 0.923. The Bertz CT molecular complexity index is 966. The number of hydrogen-bond donors (Lipinski definition) is 3. The molecular weight excluding hydrogens is 355 g/mol. The summed E-state index contributed by atoms with van der Waals surface area (Å²) in [5.41, 5.74) is 2.45. The molecule has 1 unspecified atom stereocenters. The number of fused-ring (bicyclic) bond motifs is 1. The third-order valence-corrected chi connectivity index (χ3v) is 5.15. The van der Waals surface area contributed by atoms with Gasteiger partial charge in [-0.15, -0.1) is 0 Å². The molecule has 0 saturated carbocycles. The minimum atomic E-state index is -0.274. The van der Waals surface area contributed by atoms with E-state index >= 15 is 0 Å². The lowest BCUT2D eigenvalue weighted by atomic mass is 10.1. The Kier molecular flexibility index (Phi) is 5.41. The first kappa shape index (κ1) is 18.3. The number of hydrogen-bond acceptors (Lipinski definition) is 3. The number of nitrogens with zero attached hydrogens (tertiary/aromatic N) is 3. The Morgan fingerprint density at radius 3 is 3.07 bits per heavy atom. The van der Waals surface area contributed by atoms with Crippen LogP contribution in [0.5, 0.6) is 0 Å². The maximum Gasteiger partial charge on any atom is 0.191 e. The summed E-state index contributed by atoms with van der Waals surface area (Å²) in [6.07, 6.45) is 5.52. The molecule has 1 atom stereocenters. The standard InChI is InChI=1S/C21H25FN6/c1-23-21(25-11-8-15-13-26-19-7-3-2-5-17(15)19)27-16-9-12-28(14-16)20-18(22)6-4-10-24-20/h2-7,10,13,16,26H,8-9,11-12,14H2,1H3,(H2,23,25,27). The summed E-state index contributed by atoms with van der Waals surface area (Å²) < 4.78 is 13.9. The summed E-state index contributed by atoms with van der Waals surface area (Å²) in [6.45, 7) is 2.27. The Morgan fingerprint density at radius 1 is 1.32 bits per heavy atom. The third-order valence-electron chi connectivity index (χ3n) is 5.15. The van der Waals surface area contributed by atoms with Crippen LogP contribution in [0.4, 0.5) is 10.2 Å². The van der Waals surface area contributed by atoms with Gasteiger partial charge in [-0.1, -0.05) is 18.2 Å². The highest BCUT2D eigenvalue weighted by molar-refractivity contribution is 5.83. The number of guanidine groups is 1. The second kappa shape index (κ2) is 8.29. The zero-order valence-electron chi connectivity index (χ0n) is 16.0. The van der Waals surface area contributed by atoms with Gasteiger partial charge < -0.3 is 20.5 Å². The second-order valence-corrected chi connectivity index (χ2v) is 6.99. The highest BCUT2D eigenvalue weighted by Gasteiger charge is 2.25. The first-order chi connectivity index (χ1) is 13.7. The number of rotatable bonds is 5. The number of H-pyrrole nitrogens is 1. The molecule has 0 spiro atoms. The Hall–Kier alpha value is -3.09. The van der Waals surface area contributed by atoms with Crippen LogP contribution in [0.3, 0.4) is 0 Å². The minimum Gasteiger partial charge on any atom is -0.361 e. The molecule has 1 aliphatic rings. The van der Waals surface area contributed by atoms with Crippen molar-refractivity contribution in [2.24, 2.45) is 4.99 Å². The molecule has 0 amide bonds. The molecule has 7 heteroatoms. The molecule has 1 aromatic carbocycles. The first-order valence-electron chi connectivity index (χ1n) is 9.62. The molecule has 146 valence electrons. The molecule has 6 nitrogen and oxygen atoms in total. The largest absolute Gasteiger partial charge is 0.361 e. The summed E-state index contributed by atoms with van der Waals surface area (Å²) in [7, 11) is 1.77. The minimum absolute atomic E-state index is 0.209. The zero-order valence-corrected chi connectivity index (χ0v) is 16.0. The van der Waals surface area contributed by atoms with E-state index in [1.807, 2.05) is 11.0 Å². The number of aromatic amines is 1. The smallest absolute Gasteiger partial charge is 0.191 e. The quantitative estimate of drug-likeness (QED) is 0.470. The van der Waals surface area contributed by atoms with Gasteiger partial charge in [0.1, 0.15) is 0 Å². The van der Waals surface area contributed by atoms with E-state index in [1.54, 1.807) is 19.3 Å². The Labute approximate surface area is 163 Å². The van der Waals surface area contributed by atoms with Gasteiger partial charge in [0.15, 0.2) is 17.6 Å². The number of halogens is 1. The summed E-state index contributed by atoms with van der Waals surface area (Å²) in [5, 5.41) is 8.08. The average molecular weight is 380 g/mol. The molecule has 4 rings (SSSR count). The van der Waals surface area contributed by atoms with Crippen molar-refractivity contribution in [2.75, 3.05) is 31.6 Å². The van der Waals surface area contributed by atoms with Gasteiger partial charge in [0, 0.05) is 56.0 Å². The lowest BCUT2D eigenvalue weighted by molar-refractivity contribution is 0.612. The van der Waals surface area contributed by atoms with Gasteiger partial charge in [0.05, 0.1) is 0 Å². The van der Waals surface area contributed by atoms with E-state index in [0.717, 1.165) is 37.4 Å². The predicted octanol–water partition coefficient (Wildman–Crippen LogP) is 2.69. The summed E-state index contributed by atoms with van der Waals surface area (Å²) in [6, 6.07) is 11.6. The van der Waals surface area contributed by atoms with Gasteiger partial charge in [0.2, 0.25) is 0 Å². The second-order valence-electron chi connectivity index (χ2n) is 6.99. The number of nitrogens with one attached hydrogen (secondary N) is 3. The van der Waals surface area contributed by atoms with Crippen LogP contribution in [0.15, 0.2) is 53.8 Å². The summed E-state index contributed by atoms with van der Waals surface area (Å²) >= 11 is 0. The molecular formula is C21H25FN6. The Morgan fingerprint density at radius 2 is 2.21 bits per heavy atom. The van der Waals surface area contributed by atoms with E-state index in [2.05, 4.69) is 50.0 Å². The van der Waals surface area contributed by atoms with E-state index in [1.165, 1.54) is 17.0 Å². The van der Waals surface area contributed by atoms with Crippen molar-refractivity contribution in [3.63, 3.8) is 0 Å². The molecule has 0 radical (unpaired) electrons. The number of aliphatic imine (C=N–C) groups is 1. The molecule has 3 heterocycles. The van der Waals surface area contributed by atoms with Crippen molar-refractivity contribution in [3.8, 4) is 0 Å². The maximum atomic E-state index is 13.9. The van der Waals surface area contributed by atoms with Gasteiger partial charge in [-0.2, -0.15) is 0 Å². The molecule has 3 aromatic rings. The average Bonchev–Trinajstić information content (AvgIpc) is 3.35. The lowest BCUT2D eigenvalue weighted by Crippen LogP contribution is -2.45. The van der Waals surface area contributed by atoms with Crippen molar-refractivity contribution >= 4 is 22.7 Å². The number of pyridine rings is 1. The van der Waals surface area contributed by atoms with Crippen molar-refractivity contribution in [1.29, 1.82) is 0 Å². The maximum absolute atomic E-state index is 13.9. The van der Waals surface area contributed by atoms with Gasteiger partial charge in [-0.25, -0.2) is 9.37 Å². The van der Waals surface area contributed by atoms with E-state index in [-0.39, 0.29) is 11.9 Å². The van der Waals surface area contributed by atoms with Crippen molar-refractivity contribution in [1.82, 2.24) is 20.6 Å². The van der Waals surface area contributed by atoms with E-state index < -0.39 is 0 Å². The molecule has 2 aromatic heterocycles. The van der Waals surface area contributed by atoms with Gasteiger partial charge in [-0.05, 0) is 36.6 Å². The molecule has 1 fully saturated rings. The van der Waals surface area contributed by atoms with Crippen LogP contribution in [0.1, 0.15) is 12.0 Å². The molecule has 3 N–H and O–H groups in total. The monoisotopic (exact) mass is 380 g/mol. The molecule has 0 aliphatic carbocycles. The van der Waals surface area contributed by atoms with Crippen LogP contribution in [0, 0.1) is 5.82 Å². The fourth-order valence-electron chi connectivity index (χ4n) is 3.72.